The zero-order valence-electron chi connectivity index (χ0n) is 11.5. The maximum atomic E-state index is 11.9. The fourth-order valence-corrected chi connectivity index (χ4v) is 2.58. The molecule has 1 amide bonds. The Morgan fingerprint density at radius 2 is 2.35 bits per heavy atom. The number of hydrogen-bond donors (Lipinski definition) is 2. The van der Waals surface area contributed by atoms with Gasteiger partial charge in [0.15, 0.2) is 0 Å². The molecule has 0 fully saturated rings. The lowest BCUT2D eigenvalue weighted by Gasteiger charge is -2.09. The van der Waals surface area contributed by atoms with E-state index in [1.54, 1.807) is 17.1 Å². The van der Waals surface area contributed by atoms with E-state index in [4.69, 9.17) is 0 Å². The number of thiazole rings is 1. The van der Waals surface area contributed by atoms with Gasteiger partial charge in [-0.2, -0.15) is 5.10 Å². The average molecular weight is 294 g/mol. The highest BCUT2D eigenvalue weighted by atomic mass is 32.1. The molecule has 6 nitrogen and oxygen atoms in total. The number of nitrogens with zero attached hydrogens (tertiary/aromatic N) is 3. The Morgan fingerprint density at radius 1 is 1.55 bits per heavy atom. The topological polar surface area (TPSA) is 80.0 Å². The molecule has 0 saturated carbocycles. The van der Waals surface area contributed by atoms with E-state index in [0.29, 0.717) is 11.3 Å². The standard InChI is InChI=1S/C13H18N4O2S/c1-3-4-10(18)6-14-12(19)11-7-15-13(20-11)9-5-16-17(2)8-9/h5,7-8,10,18H,3-4,6H2,1-2H3,(H,14,19). The summed E-state index contributed by atoms with van der Waals surface area (Å²) in [6.07, 6.45) is 6.20. The summed E-state index contributed by atoms with van der Waals surface area (Å²) in [5.41, 5.74) is 0.891. The number of rotatable bonds is 6. The van der Waals surface area contributed by atoms with Crippen LogP contribution in [0.15, 0.2) is 18.6 Å². The molecule has 0 aliphatic carbocycles. The van der Waals surface area contributed by atoms with E-state index in [1.165, 1.54) is 11.3 Å². The van der Waals surface area contributed by atoms with Crippen molar-refractivity contribution in [1.29, 1.82) is 0 Å². The van der Waals surface area contributed by atoms with Crippen LogP contribution < -0.4 is 5.32 Å². The Balaban J connectivity index is 1.96. The van der Waals surface area contributed by atoms with Crippen molar-refractivity contribution in [3.63, 3.8) is 0 Å². The number of amides is 1. The van der Waals surface area contributed by atoms with Crippen molar-refractivity contribution in [3.8, 4) is 10.6 Å². The van der Waals surface area contributed by atoms with Gasteiger partial charge in [0.1, 0.15) is 9.88 Å². The van der Waals surface area contributed by atoms with Crippen LogP contribution in [0.1, 0.15) is 29.4 Å². The monoisotopic (exact) mass is 294 g/mol. The summed E-state index contributed by atoms with van der Waals surface area (Å²) in [7, 11) is 1.83. The number of aryl methyl sites for hydroxylation is 1. The lowest BCUT2D eigenvalue weighted by molar-refractivity contribution is 0.0914. The van der Waals surface area contributed by atoms with Gasteiger partial charge in [0.2, 0.25) is 0 Å². The van der Waals surface area contributed by atoms with E-state index in [-0.39, 0.29) is 12.5 Å². The van der Waals surface area contributed by atoms with Crippen LogP contribution in [0.5, 0.6) is 0 Å². The zero-order valence-corrected chi connectivity index (χ0v) is 12.4. The zero-order chi connectivity index (χ0) is 14.5. The molecule has 0 aliphatic heterocycles. The summed E-state index contributed by atoms with van der Waals surface area (Å²) in [6, 6.07) is 0. The smallest absolute Gasteiger partial charge is 0.263 e. The molecule has 0 radical (unpaired) electrons. The van der Waals surface area contributed by atoms with Crippen molar-refractivity contribution in [2.24, 2.45) is 7.05 Å². The van der Waals surface area contributed by atoms with E-state index in [0.717, 1.165) is 17.0 Å². The van der Waals surface area contributed by atoms with Crippen molar-refractivity contribution in [1.82, 2.24) is 20.1 Å². The molecule has 1 unspecified atom stereocenters. The van der Waals surface area contributed by atoms with Crippen molar-refractivity contribution in [3.05, 3.63) is 23.5 Å². The molecule has 108 valence electrons. The predicted octanol–water partition coefficient (Wildman–Crippen LogP) is 1.43. The van der Waals surface area contributed by atoms with Crippen LogP contribution in [0.2, 0.25) is 0 Å². The average Bonchev–Trinajstić information content (AvgIpc) is 3.04. The first-order valence-electron chi connectivity index (χ1n) is 6.51. The fraction of sp³-hybridized carbons (Fsp3) is 0.462. The molecular formula is C13H18N4O2S. The molecular weight excluding hydrogens is 276 g/mol. The fourth-order valence-electron chi connectivity index (χ4n) is 1.78. The number of nitrogens with one attached hydrogen (secondary N) is 1. The molecule has 1 atom stereocenters. The van der Waals surface area contributed by atoms with Crippen LogP contribution in [-0.4, -0.2) is 38.4 Å². The minimum Gasteiger partial charge on any atom is -0.391 e. The van der Waals surface area contributed by atoms with Crippen molar-refractivity contribution >= 4 is 17.2 Å². The lowest BCUT2D eigenvalue weighted by atomic mass is 10.2. The third-order valence-electron chi connectivity index (χ3n) is 2.80. The molecule has 0 spiro atoms. The lowest BCUT2D eigenvalue weighted by Crippen LogP contribution is -2.31. The van der Waals surface area contributed by atoms with Crippen LogP contribution >= 0.6 is 11.3 Å². The molecule has 2 aromatic rings. The minimum absolute atomic E-state index is 0.201. The Bertz CT molecular complexity index is 578. The SMILES string of the molecule is CCCC(O)CNC(=O)c1cnc(-c2cnn(C)c2)s1. The number of aliphatic hydroxyl groups is 1. The summed E-state index contributed by atoms with van der Waals surface area (Å²) >= 11 is 1.31. The van der Waals surface area contributed by atoms with Gasteiger partial charge in [-0.3, -0.25) is 9.48 Å². The maximum Gasteiger partial charge on any atom is 0.263 e. The number of hydrogen-bond acceptors (Lipinski definition) is 5. The second kappa shape index (κ2) is 6.62. The van der Waals surface area contributed by atoms with Gasteiger partial charge in [0, 0.05) is 25.4 Å². The Labute approximate surface area is 121 Å². The summed E-state index contributed by atoms with van der Waals surface area (Å²) < 4.78 is 1.69. The molecule has 2 rings (SSSR count). The Hall–Kier alpha value is -1.73. The Kier molecular flexibility index (Phi) is 4.86. The largest absolute Gasteiger partial charge is 0.391 e. The molecule has 7 heteroatoms. The molecule has 0 aromatic carbocycles. The molecule has 2 N–H and O–H groups in total. The summed E-state index contributed by atoms with van der Waals surface area (Å²) in [4.78, 5) is 16.7. The van der Waals surface area contributed by atoms with Crippen LogP contribution in [0, 0.1) is 0 Å². The Morgan fingerprint density at radius 3 is 3.00 bits per heavy atom. The van der Waals surface area contributed by atoms with E-state index in [9.17, 15) is 9.90 Å². The molecule has 0 aliphatic rings. The van der Waals surface area contributed by atoms with Crippen molar-refractivity contribution in [2.75, 3.05) is 6.54 Å². The van der Waals surface area contributed by atoms with Crippen molar-refractivity contribution < 1.29 is 9.90 Å². The quantitative estimate of drug-likeness (QED) is 0.844. The van der Waals surface area contributed by atoms with Crippen molar-refractivity contribution in [2.45, 2.75) is 25.9 Å². The molecule has 20 heavy (non-hydrogen) atoms. The highest BCUT2D eigenvalue weighted by molar-refractivity contribution is 7.16. The van der Waals surface area contributed by atoms with E-state index in [2.05, 4.69) is 15.4 Å². The second-order valence-corrected chi connectivity index (χ2v) is 5.62. The first-order valence-corrected chi connectivity index (χ1v) is 7.33. The van der Waals surface area contributed by atoms with E-state index < -0.39 is 6.10 Å². The van der Waals surface area contributed by atoms with Gasteiger partial charge in [-0.15, -0.1) is 11.3 Å². The first kappa shape index (κ1) is 14.7. The van der Waals surface area contributed by atoms with Gasteiger partial charge in [-0.1, -0.05) is 13.3 Å². The predicted molar refractivity (Wildman–Crippen MR) is 77.6 cm³/mol. The number of carbonyl (C=O) groups excluding carboxylic acids is 1. The van der Waals surface area contributed by atoms with Gasteiger partial charge in [0.25, 0.3) is 5.91 Å². The number of carbonyl (C=O) groups is 1. The highest BCUT2D eigenvalue weighted by Crippen LogP contribution is 2.24. The summed E-state index contributed by atoms with van der Waals surface area (Å²) in [5.74, 6) is -0.201. The molecule has 2 aromatic heterocycles. The van der Waals surface area contributed by atoms with E-state index >= 15 is 0 Å². The normalized spacial score (nSPS) is 12.3. The van der Waals surface area contributed by atoms with Crippen LogP contribution in [-0.2, 0) is 7.05 Å². The third kappa shape index (κ3) is 3.64. The molecule has 0 bridgehead atoms. The van der Waals surface area contributed by atoms with Gasteiger partial charge in [0.05, 0.1) is 18.5 Å². The maximum absolute atomic E-state index is 11.9. The molecule has 0 saturated heterocycles. The van der Waals surface area contributed by atoms with Gasteiger partial charge in [-0.25, -0.2) is 4.98 Å². The van der Waals surface area contributed by atoms with Crippen LogP contribution in [0.25, 0.3) is 10.6 Å². The molecule has 2 heterocycles. The minimum atomic E-state index is -0.491. The second-order valence-electron chi connectivity index (χ2n) is 4.58. The van der Waals surface area contributed by atoms with E-state index in [1.807, 2.05) is 20.2 Å². The number of aromatic nitrogens is 3. The van der Waals surface area contributed by atoms with Crippen LogP contribution in [0.4, 0.5) is 0 Å². The van der Waals surface area contributed by atoms with Crippen LogP contribution in [0.3, 0.4) is 0 Å². The summed E-state index contributed by atoms with van der Waals surface area (Å²) in [5, 5.41) is 17.1. The van der Waals surface area contributed by atoms with Gasteiger partial charge in [-0.05, 0) is 6.42 Å². The third-order valence-corrected chi connectivity index (χ3v) is 3.85. The van der Waals surface area contributed by atoms with Gasteiger partial charge >= 0.3 is 0 Å². The number of aliphatic hydroxyl groups excluding tert-OH is 1. The van der Waals surface area contributed by atoms with Gasteiger partial charge < -0.3 is 10.4 Å². The first-order chi connectivity index (χ1) is 9.60. The summed E-state index contributed by atoms with van der Waals surface area (Å²) in [6.45, 7) is 2.27. The highest BCUT2D eigenvalue weighted by Gasteiger charge is 2.13.